The van der Waals surface area contributed by atoms with Gasteiger partial charge in [0.15, 0.2) is 0 Å². The third-order valence-corrected chi connectivity index (χ3v) is 12.6. The van der Waals surface area contributed by atoms with Crippen LogP contribution in [0.15, 0.2) is 176 Å². The van der Waals surface area contributed by atoms with E-state index in [1.54, 1.807) is 33.7 Å². The van der Waals surface area contributed by atoms with Crippen molar-refractivity contribution in [3.05, 3.63) is 193 Å². The fourth-order valence-electron chi connectivity index (χ4n) is 8.71. The predicted octanol–water partition coefficient (Wildman–Crippen LogP) is 14.5. The summed E-state index contributed by atoms with van der Waals surface area (Å²) in [5.74, 6) is 4.23. The second kappa shape index (κ2) is 24.8. The van der Waals surface area contributed by atoms with Gasteiger partial charge in [0.05, 0.1) is 32.5 Å². The highest BCUT2D eigenvalue weighted by Gasteiger charge is 2.14. The molecule has 0 aliphatic carbocycles. The number of hydrogen-bond donors (Lipinski definition) is 4. The van der Waals surface area contributed by atoms with Crippen LogP contribution in [0, 0.1) is 0 Å². The topological polar surface area (TPSA) is 105 Å². The Kier molecular flexibility index (Phi) is 17.7. The Hall–Kier alpha value is -7.52. The molecule has 2 heterocycles. The molecule has 0 saturated heterocycles. The number of rotatable bonds is 18. The van der Waals surface area contributed by atoms with Crippen molar-refractivity contribution in [2.45, 2.75) is 57.8 Å². The van der Waals surface area contributed by atoms with Crippen LogP contribution in [0.25, 0.3) is 32.7 Å². The summed E-state index contributed by atoms with van der Waals surface area (Å²) in [6.45, 7) is 9.47. The maximum atomic E-state index is 5.47. The van der Waals surface area contributed by atoms with Gasteiger partial charge in [-0.05, 0) is 114 Å². The zero-order valence-corrected chi connectivity index (χ0v) is 40.3. The number of fused-ring (bicyclic) bond motifs is 3. The summed E-state index contributed by atoms with van der Waals surface area (Å²) in [4.78, 5) is 12.0. The number of hydrogen-bond acceptors (Lipinski definition) is 8. The van der Waals surface area contributed by atoms with Gasteiger partial charge in [0, 0.05) is 65.9 Å². The second-order valence-corrected chi connectivity index (χ2v) is 17.1. The Bertz CT molecular complexity index is 2810. The van der Waals surface area contributed by atoms with Crippen LogP contribution in [-0.2, 0) is 0 Å². The number of benzene rings is 7. The highest BCUT2D eigenvalue weighted by Crippen LogP contribution is 2.32. The van der Waals surface area contributed by atoms with Crippen molar-refractivity contribution in [2.24, 2.45) is 0 Å². The molecule has 3 atom stereocenters. The average Bonchev–Trinajstić information content (AvgIpc) is 3.89. The zero-order valence-electron chi connectivity index (χ0n) is 40.3. The number of ether oxygens (including phenoxy) is 3. The normalized spacial score (nSPS) is 12.1. The minimum absolute atomic E-state index is 0.416. The molecule has 0 aliphatic heterocycles. The molecule has 0 fully saturated rings. The number of para-hydroxylation sites is 4. The van der Waals surface area contributed by atoms with Gasteiger partial charge in [0.1, 0.15) is 22.8 Å². The first kappa shape index (κ1) is 48.4. The van der Waals surface area contributed by atoms with Crippen LogP contribution in [0.3, 0.4) is 0 Å². The van der Waals surface area contributed by atoms with E-state index in [-0.39, 0.29) is 0 Å². The van der Waals surface area contributed by atoms with E-state index in [0.29, 0.717) is 17.8 Å². The summed E-state index contributed by atoms with van der Waals surface area (Å²) in [6, 6.07) is 54.1. The molecule has 9 nitrogen and oxygen atoms in total. The van der Waals surface area contributed by atoms with Gasteiger partial charge in [-0.1, -0.05) is 124 Å². The number of aromatic nitrogens is 3. The van der Waals surface area contributed by atoms with Crippen molar-refractivity contribution in [1.29, 1.82) is 0 Å². The number of H-pyrrole nitrogens is 1. The van der Waals surface area contributed by atoms with E-state index < -0.39 is 0 Å². The molecule has 0 amide bonds. The molecule has 0 bridgehead atoms. The number of methoxy groups -OCH3 is 3. The van der Waals surface area contributed by atoms with E-state index in [2.05, 4.69) is 155 Å². The number of aromatic amines is 1. The first-order valence-electron chi connectivity index (χ1n) is 23.7. The van der Waals surface area contributed by atoms with Crippen molar-refractivity contribution in [3.8, 4) is 17.2 Å². The summed E-state index contributed by atoms with van der Waals surface area (Å²) in [5.41, 5.74) is 10.2. The summed E-state index contributed by atoms with van der Waals surface area (Å²) in [5, 5.41) is 14.4. The van der Waals surface area contributed by atoms with Crippen LogP contribution in [0.5, 0.6) is 17.2 Å². The fourth-order valence-corrected chi connectivity index (χ4v) is 8.71. The first-order valence-corrected chi connectivity index (χ1v) is 23.7. The third-order valence-electron chi connectivity index (χ3n) is 12.6. The molecular formula is C59H66N6O3. The van der Waals surface area contributed by atoms with Gasteiger partial charge in [0.2, 0.25) is 0 Å². The van der Waals surface area contributed by atoms with Crippen LogP contribution >= 0.6 is 0 Å². The summed E-state index contributed by atoms with van der Waals surface area (Å²) in [7, 11) is 5.19. The highest BCUT2D eigenvalue weighted by atomic mass is 16.5. The summed E-state index contributed by atoms with van der Waals surface area (Å²) in [6.07, 6.45) is 8.55. The maximum Gasteiger partial charge on any atom is 0.122 e. The van der Waals surface area contributed by atoms with E-state index in [1.807, 2.05) is 60.8 Å². The molecule has 9 heteroatoms. The van der Waals surface area contributed by atoms with Crippen molar-refractivity contribution in [1.82, 2.24) is 15.0 Å². The number of anilines is 3. The van der Waals surface area contributed by atoms with Gasteiger partial charge in [-0.25, -0.2) is 0 Å². The molecule has 7 aromatic carbocycles. The monoisotopic (exact) mass is 907 g/mol. The predicted molar refractivity (Wildman–Crippen MR) is 285 cm³/mol. The zero-order chi connectivity index (χ0) is 47.5. The van der Waals surface area contributed by atoms with Crippen molar-refractivity contribution in [2.75, 3.05) is 56.9 Å². The molecule has 4 N–H and O–H groups in total. The fraction of sp³-hybridized carbons (Fsp3) is 0.254. The van der Waals surface area contributed by atoms with Crippen LogP contribution < -0.4 is 30.2 Å². The molecule has 0 aliphatic rings. The lowest BCUT2D eigenvalue weighted by molar-refractivity contribution is 0.405. The lowest BCUT2D eigenvalue weighted by Crippen LogP contribution is -2.07. The van der Waals surface area contributed by atoms with Gasteiger partial charge < -0.3 is 35.1 Å². The molecule has 9 aromatic rings. The quantitative estimate of drug-likeness (QED) is 0.0675. The average molecular weight is 907 g/mol. The molecular weight excluding hydrogens is 841 g/mol. The molecule has 350 valence electrons. The van der Waals surface area contributed by atoms with Crippen LogP contribution in [0.2, 0.25) is 0 Å². The largest absolute Gasteiger partial charge is 0.496 e. The smallest absolute Gasteiger partial charge is 0.122 e. The van der Waals surface area contributed by atoms with Crippen LogP contribution in [0.1, 0.15) is 74.5 Å². The van der Waals surface area contributed by atoms with Gasteiger partial charge in [-0.3, -0.25) is 9.97 Å². The van der Waals surface area contributed by atoms with Gasteiger partial charge in [0.25, 0.3) is 0 Å². The molecule has 0 saturated carbocycles. The lowest BCUT2D eigenvalue weighted by Gasteiger charge is -2.16. The van der Waals surface area contributed by atoms with Crippen molar-refractivity contribution < 1.29 is 14.2 Å². The molecule has 0 radical (unpaired) electrons. The Morgan fingerprint density at radius 3 is 1.46 bits per heavy atom. The van der Waals surface area contributed by atoms with E-state index in [0.717, 1.165) is 72.9 Å². The Morgan fingerprint density at radius 1 is 0.441 bits per heavy atom. The molecule has 0 spiro atoms. The number of nitrogens with one attached hydrogen (secondary N) is 4. The lowest BCUT2D eigenvalue weighted by atomic mass is 9.96. The van der Waals surface area contributed by atoms with Crippen molar-refractivity contribution in [3.63, 3.8) is 0 Å². The Morgan fingerprint density at radius 2 is 0.882 bits per heavy atom. The summed E-state index contributed by atoms with van der Waals surface area (Å²) < 4.78 is 16.4. The first-order chi connectivity index (χ1) is 33.4. The minimum Gasteiger partial charge on any atom is -0.496 e. The standard InChI is InChI=1S/C21H23NO.C19H21N3O.C19H22N2O/c1-16(18-10-5-6-13-21(18)23-2)14-15-22-20-12-7-9-17-8-3-4-11-19(17)20;1-14(15-6-3-4-9-18(15)23-2)10-11-20-16-7-5-8-17-19(16)22-13-12-21-17;1-14(15-6-3-4-9-19(15)22-2)10-12-20-17-7-5-8-18-16(17)11-13-21-18/h3-13,16,22H,14-15H2,1-2H3;3-9,12-14,20H,10-11H2,1-2H3;3-9,11,13-14,20-21H,10,12H2,1-2H3. The van der Waals surface area contributed by atoms with Crippen LogP contribution in [0.4, 0.5) is 17.1 Å². The van der Waals surface area contributed by atoms with E-state index in [1.165, 1.54) is 49.7 Å². The minimum atomic E-state index is 0.416. The molecule has 68 heavy (non-hydrogen) atoms. The molecule has 9 rings (SSSR count). The molecule has 2 aromatic heterocycles. The van der Waals surface area contributed by atoms with Gasteiger partial charge >= 0.3 is 0 Å². The van der Waals surface area contributed by atoms with Gasteiger partial charge in [-0.15, -0.1) is 0 Å². The maximum absolute atomic E-state index is 5.47. The molecule has 3 unspecified atom stereocenters. The summed E-state index contributed by atoms with van der Waals surface area (Å²) >= 11 is 0. The Labute approximate surface area is 402 Å². The highest BCUT2D eigenvalue weighted by molar-refractivity contribution is 5.94. The number of nitrogens with zero attached hydrogens (tertiary/aromatic N) is 2. The van der Waals surface area contributed by atoms with Crippen molar-refractivity contribution >= 4 is 49.8 Å². The van der Waals surface area contributed by atoms with E-state index in [9.17, 15) is 0 Å². The van der Waals surface area contributed by atoms with E-state index >= 15 is 0 Å². The van der Waals surface area contributed by atoms with Crippen LogP contribution in [-0.4, -0.2) is 55.9 Å². The second-order valence-electron chi connectivity index (χ2n) is 17.1. The third kappa shape index (κ3) is 12.7. The SMILES string of the molecule is COc1ccccc1C(C)CCNc1cccc2[nH]ccc12.COc1ccccc1C(C)CCNc1cccc2ccccc12.COc1ccccc1C(C)CCNc1cccc2nccnc12. The van der Waals surface area contributed by atoms with Gasteiger partial charge in [-0.2, -0.15) is 0 Å². The van der Waals surface area contributed by atoms with E-state index in [4.69, 9.17) is 14.2 Å². The Balaban J connectivity index is 0.000000151.